The highest BCUT2D eigenvalue weighted by atomic mass is 16.5. The van der Waals surface area contributed by atoms with Crippen molar-refractivity contribution in [3.8, 4) is 0 Å². The van der Waals surface area contributed by atoms with E-state index in [4.69, 9.17) is 4.74 Å². The molecule has 3 heterocycles. The van der Waals surface area contributed by atoms with Crippen molar-refractivity contribution in [3.63, 3.8) is 0 Å². The number of rotatable bonds is 5. The van der Waals surface area contributed by atoms with Gasteiger partial charge in [-0.1, -0.05) is 6.92 Å². The maximum atomic E-state index is 5.60. The molecular formula is C14H22N6O. The second kappa shape index (κ2) is 5.85. The minimum absolute atomic E-state index is 0.0984. The lowest BCUT2D eigenvalue weighted by Gasteiger charge is -2.34. The third-order valence-corrected chi connectivity index (χ3v) is 3.70. The van der Waals surface area contributed by atoms with Crippen LogP contribution < -0.4 is 10.6 Å². The van der Waals surface area contributed by atoms with Crippen LogP contribution in [0.1, 0.15) is 33.1 Å². The first-order valence-corrected chi connectivity index (χ1v) is 7.51. The SMILES string of the molecule is CCCNc1nc(NC2(C)CCCOC2)c2cn[nH]c2n1. The number of aromatic nitrogens is 4. The Hall–Kier alpha value is -1.89. The highest BCUT2D eigenvalue weighted by Crippen LogP contribution is 2.27. The van der Waals surface area contributed by atoms with Crippen LogP contribution in [0.15, 0.2) is 6.20 Å². The summed E-state index contributed by atoms with van der Waals surface area (Å²) in [7, 11) is 0. The van der Waals surface area contributed by atoms with Crippen LogP contribution in [0.5, 0.6) is 0 Å². The molecule has 1 aliphatic rings. The molecule has 0 radical (unpaired) electrons. The zero-order valence-electron chi connectivity index (χ0n) is 12.6. The molecule has 0 bridgehead atoms. The van der Waals surface area contributed by atoms with E-state index in [-0.39, 0.29) is 5.54 Å². The topological polar surface area (TPSA) is 87.8 Å². The minimum atomic E-state index is -0.0984. The Morgan fingerprint density at radius 2 is 2.33 bits per heavy atom. The zero-order valence-corrected chi connectivity index (χ0v) is 12.6. The summed E-state index contributed by atoms with van der Waals surface area (Å²) in [4.78, 5) is 9.04. The quantitative estimate of drug-likeness (QED) is 0.782. The van der Waals surface area contributed by atoms with Gasteiger partial charge in [0.25, 0.3) is 0 Å². The molecule has 3 N–H and O–H groups in total. The summed E-state index contributed by atoms with van der Waals surface area (Å²) in [6.45, 7) is 6.65. The van der Waals surface area contributed by atoms with Gasteiger partial charge in [-0.3, -0.25) is 5.10 Å². The zero-order chi connectivity index (χ0) is 14.7. The van der Waals surface area contributed by atoms with Crippen LogP contribution in [-0.2, 0) is 4.74 Å². The van der Waals surface area contributed by atoms with E-state index < -0.39 is 0 Å². The van der Waals surface area contributed by atoms with Gasteiger partial charge >= 0.3 is 0 Å². The molecule has 1 fully saturated rings. The molecule has 2 aromatic heterocycles. The van der Waals surface area contributed by atoms with Crippen molar-refractivity contribution in [3.05, 3.63) is 6.20 Å². The van der Waals surface area contributed by atoms with Gasteiger partial charge in [0.2, 0.25) is 5.95 Å². The van der Waals surface area contributed by atoms with Crippen molar-refractivity contribution in [2.45, 2.75) is 38.6 Å². The van der Waals surface area contributed by atoms with Crippen LogP contribution in [0.25, 0.3) is 11.0 Å². The maximum Gasteiger partial charge on any atom is 0.226 e. The van der Waals surface area contributed by atoms with Crippen LogP contribution in [-0.4, -0.2) is 45.5 Å². The molecule has 0 amide bonds. The van der Waals surface area contributed by atoms with Crippen LogP contribution in [0.2, 0.25) is 0 Å². The third-order valence-electron chi connectivity index (χ3n) is 3.70. The van der Waals surface area contributed by atoms with Gasteiger partial charge in [0.05, 0.1) is 23.7 Å². The molecule has 7 nitrogen and oxygen atoms in total. The monoisotopic (exact) mass is 290 g/mol. The predicted octanol–water partition coefficient (Wildman–Crippen LogP) is 2.16. The Morgan fingerprint density at radius 3 is 3.10 bits per heavy atom. The van der Waals surface area contributed by atoms with Gasteiger partial charge in [-0.15, -0.1) is 0 Å². The first-order chi connectivity index (χ1) is 10.2. The second-order valence-corrected chi connectivity index (χ2v) is 5.80. The molecule has 21 heavy (non-hydrogen) atoms. The molecule has 3 rings (SSSR count). The summed E-state index contributed by atoms with van der Waals surface area (Å²) < 4.78 is 5.60. The molecule has 2 aromatic rings. The van der Waals surface area contributed by atoms with E-state index in [2.05, 4.69) is 44.6 Å². The molecule has 1 saturated heterocycles. The fourth-order valence-electron chi connectivity index (χ4n) is 2.56. The van der Waals surface area contributed by atoms with Gasteiger partial charge in [0.15, 0.2) is 5.65 Å². The highest BCUT2D eigenvalue weighted by Gasteiger charge is 2.28. The molecule has 0 saturated carbocycles. The minimum Gasteiger partial charge on any atom is -0.379 e. The first-order valence-electron chi connectivity index (χ1n) is 7.51. The third kappa shape index (κ3) is 3.07. The lowest BCUT2D eigenvalue weighted by atomic mass is 9.95. The lowest BCUT2D eigenvalue weighted by molar-refractivity contribution is 0.0539. The summed E-state index contributed by atoms with van der Waals surface area (Å²) in [6.07, 6.45) is 4.91. The summed E-state index contributed by atoms with van der Waals surface area (Å²) in [5.41, 5.74) is 0.644. The van der Waals surface area contributed by atoms with Crippen molar-refractivity contribution < 1.29 is 4.74 Å². The largest absolute Gasteiger partial charge is 0.379 e. The Balaban J connectivity index is 1.90. The van der Waals surface area contributed by atoms with E-state index in [1.54, 1.807) is 6.20 Å². The van der Waals surface area contributed by atoms with E-state index >= 15 is 0 Å². The standard InChI is InChI=1S/C14H22N6O/c1-3-6-15-13-17-11(10-8-16-20-12(10)18-13)19-14(2)5-4-7-21-9-14/h8H,3-7,9H2,1-2H3,(H3,15,16,17,18,19,20). The van der Waals surface area contributed by atoms with E-state index in [1.807, 2.05) is 0 Å². The number of fused-ring (bicyclic) bond motifs is 1. The molecule has 0 aliphatic carbocycles. The van der Waals surface area contributed by atoms with Crippen molar-refractivity contribution in [1.29, 1.82) is 0 Å². The van der Waals surface area contributed by atoms with Gasteiger partial charge in [-0.05, 0) is 26.2 Å². The number of H-pyrrole nitrogens is 1. The molecule has 1 atom stereocenters. The van der Waals surface area contributed by atoms with E-state index in [0.29, 0.717) is 12.6 Å². The molecule has 0 aromatic carbocycles. The number of aromatic amines is 1. The Kier molecular flexibility index (Phi) is 3.92. The van der Waals surface area contributed by atoms with Crippen LogP contribution >= 0.6 is 0 Å². The van der Waals surface area contributed by atoms with Gasteiger partial charge in [-0.2, -0.15) is 15.1 Å². The van der Waals surface area contributed by atoms with Gasteiger partial charge in [0, 0.05) is 13.2 Å². The van der Waals surface area contributed by atoms with Gasteiger partial charge in [-0.25, -0.2) is 0 Å². The predicted molar refractivity (Wildman–Crippen MR) is 82.5 cm³/mol. The van der Waals surface area contributed by atoms with E-state index in [1.165, 1.54) is 0 Å². The van der Waals surface area contributed by atoms with Crippen molar-refractivity contribution in [2.24, 2.45) is 0 Å². The smallest absolute Gasteiger partial charge is 0.226 e. The number of nitrogens with one attached hydrogen (secondary N) is 3. The highest BCUT2D eigenvalue weighted by molar-refractivity contribution is 5.87. The number of hydrogen-bond acceptors (Lipinski definition) is 6. The Morgan fingerprint density at radius 1 is 1.43 bits per heavy atom. The molecule has 1 unspecified atom stereocenters. The second-order valence-electron chi connectivity index (χ2n) is 5.80. The molecule has 114 valence electrons. The van der Waals surface area contributed by atoms with Crippen LogP contribution in [0.4, 0.5) is 11.8 Å². The van der Waals surface area contributed by atoms with Crippen molar-refractivity contribution in [1.82, 2.24) is 20.2 Å². The average molecular weight is 290 g/mol. The fraction of sp³-hybridized carbons (Fsp3) is 0.643. The summed E-state index contributed by atoms with van der Waals surface area (Å²) in [5, 5.41) is 14.6. The van der Waals surface area contributed by atoms with Gasteiger partial charge < -0.3 is 15.4 Å². The number of hydrogen-bond donors (Lipinski definition) is 3. The summed E-state index contributed by atoms with van der Waals surface area (Å²) in [6, 6.07) is 0. The van der Waals surface area contributed by atoms with Crippen molar-refractivity contribution >= 4 is 22.8 Å². The molecular weight excluding hydrogens is 268 g/mol. The molecule has 7 heteroatoms. The van der Waals surface area contributed by atoms with E-state index in [9.17, 15) is 0 Å². The summed E-state index contributed by atoms with van der Waals surface area (Å²) >= 11 is 0. The van der Waals surface area contributed by atoms with E-state index in [0.717, 1.165) is 49.3 Å². The normalized spacial score (nSPS) is 22.4. The van der Waals surface area contributed by atoms with Gasteiger partial charge in [0.1, 0.15) is 5.82 Å². The Labute approximate surface area is 123 Å². The number of nitrogens with zero attached hydrogens (tertiary/aromatic N) is 3. The fourth-order valence-corrected chi connectivity index (χ4v) is 2.56. The molecule has 0 spiro atoms. The maximum absolute atomic E-state index is 5.60. The number of ether oxygens (including phenoxy) is 1. The summed E-state index contributed by atoms with van der Waals surface area (Å²) in [5.74, 6) is 1.43. The Bertz CT molecular complexity index is 605. The first kappa shape index (κ1) is 14.1. The van der Waals surface area contributed by atoms with Crippen LogP contribution in [0, 0.1) is 0 Å². The molecule has 1 aliphatic heterocycles. The van der Waals surface area contributed by atoms with Crippen molar-refractivity contribution in [2.75, 3.05) is 30.4 Å². The lowest BCUT2D eigenvalue weighted by Crippen LogP contribution is -2.43. The number of anilines is 2. The van der Waals surface area contributed by atoms with Crippen LogP contribution in [0.3, 0.4) is 0 Å². The average Bonchev–Trinajstić information content (AvgIpc) is 2.94.